The second-order valence-corrected chi connectivity index (χ2v) is 8.59. The minimum atomic E-state index is 0.428. The molecule has 148 valence electrons. The standard InChI is InChI=1S/C20H32N6S/c1-4-20(10-5-6-11-20)15-23-19(21-12-9-17-8-7-13-27-17)22-14-18-25-24-16(2)26(18)3/h7-8,13H,4-6,9-12,14-15H2,1-3H3,(H2,21,22,23). The van der Waals surface area contributed by atoms with Crippen LogP contribution in [0.2, 0.25) is 0 Å². The van der Waals surface area contributed by atoms with Crippen LogP contribution in [-0.2, 0) is 20.0 Å². The van der Waals surface area contributed by atoms with Gasteiger partial charge in [-0.15, -0.1) is 21.5 Å². The number of aryl methyl sites for hydroxylation is 1. The highest BCUT2D eigenvalue weighted by Crippen LogP contribution is 2.40. The molecule has 1 aliphatic carbocycles. The molecule has 0 aliphatic heterocycles. The molecule has 2 N–H and O–H groups in total. The Kier molecular flexibility index (Phi) is 6.88. The third kappa shape index (κ3) is 5.31. The number of thiophene rings is 1. The van der Waals surface area contributed by atoms with Crippen molar-refractivity contribution in [3.05, 3.63) is 34.0 Å². The van der Waals surface area contributed by atoms with Crippen molar-refractivity contribution < 1.29 is 0 Å². The summed E-state index contributed by atoms with van der Waals surface area (Å²) in [6, 6.07) is 4.29. The molecule has 7 heteroatoms. The smallest absolute Gasteiger partial charge is 0.191 e. The zero-order chi connectivity index (χ0) is 19.1. The van der Waals surface area contributed by atoms with Crippen molar-refractivity contribution >= 4 is 17.3 Å². The van der Waals surface area contributed by atoms with E-state index in [1.165, 1.54) is 37.0 Å². The summed E-state index contributed by atoms with van der Waals surface area (Å²) in [7, 11) is 1.99. The van der Waals surface area contributed by atoms with Crippen molar-refractivity contribution in [3.8, 4) is 0 Å². The first-order chi connectivity index (χ1) is 13.1. The third-order valence-corrected chi connectivity index (χ3v) is 6.79. The zero-order valence-corrected chi connectivity index (χ0v) is 17.6. The summed E-state index contributed by atoms with van der Waals surface area (Å²) in [6.07, 6.45) is 7.59. The van der Waals surface area contributed by atoms with E-state index < -0.39 is 0 Å². The van der Waals surface area contributed by atoms with Gasteiger partial charge in [0.25, 0.3) is 0 Å². The van der Waals surface area contributed by atoms with Crippen molar-refractivity contribution in [2.24, 2.45) is 17.5 Å². The van der Waals surface area contributed by atoms with Crippen molar-refractivity contribution in [2.45, 2.75) is 58.9 Å². The molecule has 0 bridgehead atoms. The maximum Gasteiger partial charge on any atom is 0.191 e. The summed E-state index contributed by atoms with van der Waals surface area (Å²) < 4.78 is 2.00. The van der Waals surface area contributed by atoms with E-state index in [-0.39, 0.29) is 0 Å². The Morgan fingerprint density at radius 3 is 2.74 bits per heavy atom. The van der Waals surface area contributed by atoms with Gasteiger partial charge in [0.2, 0.25) is 0 Å². The molecule has 2 heterocycles. The maximum absolute atomic E-state index is 4.79. The van der Waals surface area contributed by atoms with Crippen LogP contribution in [0.15, 0.2) is 22.5 Å². The number of hydrogen-bond donors (Lipinski definition) is 2. The van der Waals surface area contributed by atoms with E-state index in [0.29, 0.717) is 12.0 Å². The van der Waals surface area contributed by atoms with Gasteiger partial charge in [-0.2, -0.15) is 0 Å². The first kappa shape index (κ1) is 19.9. The summed E-state index contributed by atoms with van der Waals surface area (Å²) in [6.45, 7) is 6.68. The minimum absolute atomic E-state index is 0.428. The number of hydrogen-bond acceptors (Lipinski definition) is 4. The van der Waals surface area contributed by atoms with E-state index in [4.69, 9.17) is 4.99 Å². The van der Waals surface area contributed by atoms with Crippen molar-refractivity contribution in [3.63, 3.8) is 0 Å². The number of aromatic nitrogens is 3. The molecule has 0 spiro atoms. The zero-order valence-electron chi connectivity index (χ0n) is 16.8. The van der Waals surface area contributed by atoms with Gasteiger partial charge in [0, 0.05) is 25.0 Å². The second-order valence-electron chi connectivity index (χ2n) is 7.56. The largest absolute Gasteiger partial charge is 0.356 e. The van der Waals surface area contributed by atoms with Gasteiger partial charge >= 0.3 is 0 Å². The highest BCUT2D eigenvalue weighted by atomic mass is 32.1. The van der Waals surface area contributed by atoms with Crippen LogP contribution in [0.4, 0.5) is 0 Å². The summed E-state index contributed by atoms with van der Waals surface area (Å²) in [5, 5.41) is 17.6. The van der Waals surface area contributed by atoms with Crippen LogP contribution in [-0.4, -0.2) is 33.8 Å². The van der Waals surface area contributed by atoms with Gasteiger partial charge in [-0.3, -0.25) is 0 Å². The monoisotopic (exact) mass is 388 g/mol. The van der Waals surface area contributed by atoms with Crippen LogP contribution < -0.4 is 10.6 Å². The summed E-state index contributed by atoms with van der Waals surface area (Å²) >= 11 is 1.80. The molecular formula is C20H32N6S. The van der Waals surface area contributed by atoms with E-state index in [1.54, 1.807) is 11.3 Å². The number of nitrogens with one attached hydrogen (secondary N) is 2. The molecule has 2 aromatic heterocycles. The van der Waals surface area contributed by atoms with E-state index in [0.717, 1.165) is 37.1 Å². The second kappa shape index (κ2) is 9.35. The van der Waals surface area contributed by atoms with Gasteiger partial charge in [0.05, 0.1) is 0 Å². The van der Waals surface area contributed by atoms with E-state index in [1.807, 2.05) is 18.5 Å². The fraction of sp³-hybridized carbons (Fsp3) is 0.650. The predicted octanol–water partition coefficient (Wildman–Crippen LogP) is 3.43. The van der Waals surface area contributed by atoms with Gasteiger partial charge in [-0.25, -0.2) is 4.99 Å². The Hall–Kier alpha value is -1.89. The molecule has 6 nitrogen and oxygen atoms in total. The molecule has 27 heavy (non-hydrogen) atoms. The van der Waals surface area contributed by atoms with Gasteiger partial charge in [-0.05, 0) is 49.5 Å². The first-order valence-corrected chi connectivity index (χ1v) is 10.9. The van der Waals surface area contributed by atoms with Crippen LogP contribution in [0.25, 0.3) is 0 Å². The fourth-order valence-electron chi connectivity index (χ4n) is 3.72. The molecule has 1 saturated carbocycles. The number of aliphatic imine (C=N–C) groups is 1. The lowest BCUT2D eigenvalue weighted by atomic mass is 9.83. The molecule has 0 amide bonds. The Balaban J connectivity index is 1.61. The number of nitrogens with zero attached hydrogens (tertiary/aromatic N) is 4. The van der Waals surface area contributed by atoms with Crippen LogP contribution in [0.1, 0.15) is 55.6 Å². The van der Waals surface area contributed by atoms with Crippen LogP contribution >= 0.6 is 11.3 Å². The third-order valence-electron chi connectivity index (χ3n) is 5.85. The quantitative estimate of drug-likeness (QED) is 0.537. The molecule has 2 aromatic rings. The van der Waals surface area contributed by atoms with Crippen molar-refractivity contribution in [2.75, 3.05) is 13.1 Å². The van der Waals surface area contributed by atoms with Crippen LogP contribution in [0.5, 0.6) is 0 Å². The van der Waals surface area contributed by atoms with E-state index in [9.17, 15) is 0 Å². The minimum Gasteiger partial charge on any atom is -0.356 e. The lowest BCUT2D eigenvalue weighted by Gasteiger charge is -2.28. The molecule has 0 aromatic carbocycles. The van der Waals surface area contributed by atoms with Crippen LogP contribution in [0.3, 0.4) is 0 Å². The lowest BCUT2D eigenvalue weighted by Crippen LogP contribution is -2.43. The SMILES string of the molecule is CCC1(CNC(=NCc2nnc(C)n2C)NCCc2cccs2)CCCC1. The molecular weight excluding hydrogens is 356 g/mol. The van der Waals surface area contributed by atoms with Crippen molar-refractivity contribution in [1.82, 2.24) is 25.4 Å². The summed E-state index contributed by atoms with van der Waals surface area (Å²) in [5.74, 6) is 2.68. The highest BCUT2D eigenvalue weighted by molar-refractivity contribution is 7.09. The van der Waals surface area contributed by atoms with Gasteiger partial charge < -0.3 is 15.2 Å². The molecule has 0 atom stereocenters. The Morgan fingerprint density at radius 2 is 2.11 bits per heavy atom. The van der Waals surface area contributed by atoms with Gasteiger partial charge in [-0.1, -0.05) is 25.8 Å². The first-order valence-electron chi connectivity index (χ1n) is 10.0. The average molecular weight is 389 g/mol. The Labute approximate surface area is 166 Å². The topological polar surface area (TPSA) is 67.1 Å². The lowest BCUT2D eigenvalue weighted by molar-refractivity contribution is 0.283. The fourth-order valence-corrected chi connectivity index (χ4v) is 4.43. The van der Waals surface area contributed by atoms with Gasteiger partial charge in [0.15, 0.2) is 11.8 Å². The summed E-state index contributed by atoms with van der Waals surface area (Å²) in [4.78, 5) is 6.18. The molecule has 3 rings (SSSR count). The van der Waals surface area contributed by atoms with Crippen molar-refractivity contribution in [1.29, 1.82) is 0 Å². The van der Waals surface area contributed by atoms with E-state index >= 15 is 0 Å². The molecule has 0 saturated heterocycles. The summed E-state index contributed by atoms with van der Waals surface area (Å²) in [5.41, 5.74) is 0.428. The van der Waals surface area contributed by atoms with Crippen LogP contribution in [0, 0.1) is 12.3 Å². The molecule has 1 fully saturated rings. The van der Waals surface area contributed by atoms with E-state index in [2.05, 4.69) is 45.3 Å². The number of guanidine groups is 1. The molecule has 1 aliphatic rings. The maximum atomic E-state index is 4.79. The molecule has 0 radical (unpaired) electrons. The highest BCUT2D eigenvalue weighted by Gasteiger charge is 2.31. The normalized spacial score (nSPS) is 16.6. The molecule has 0 unspecified atom stereocenters. The average Bonchev–Trinajstić information content (AvgIpc) is 3.42. The Bertz CT molecular complexity index is 728. The number of rotatable bonds is 8. The predicted molar refractivity (Wildman–Crippen MR) is 112 cm³/mol. The van der Waals surface area contributed by atoms with Gasteiger partial charge in [0.1, 0.15) is 12.4 Å². The Morgan fingerprint density at radius 1 is 1.30 bits per heavy atom.